The first kappa shape index (κ1) is 18.4. The van der Waals surface area contributed by atoms with Crippen LogP contribution in [-0.4, -0.2) is 64.0 Å². The highest BCUT2D eigenvalue weighted by atomic mass is 16.5. The molecule has 0 saturated carbocycles. The van der Waals surface area contributed by atoms with Crippen molar-refractivity contribution >= 4 is 5.91 Å². The number of aryl methyl sites for hydroxylation is 2. The molecule has 1 atom stereocenters. The molecule has 0 spiro atoms. The average molecular weight is 359 g/mol. The standard InChI is InChI=1S/C19H25N3O4/c1-16-4-2-3-5-17(16)26-14-19(24)12-22(10-11-25-13-19)18(23)6-8-21-9-7-20-15-21/h2-5,7,9,15,24H,6,8,10-14H2,1H3/t19-/m0/s1. The molecular weight excluding hydrogens is 334 g/mol. The van der Waals surface area contributed by atoms with Crippen LogP contribution in [0.2, 0.25) is 0 Å². The summed E-state index contributed by atoms with van der Waals surface area (Å²) in [5.41, 5.74) is -0.234. The van der Waals surface area contributed by atoms with Gasteiger partial charge in [-0.1, -0.05) is 18.2 Å². The van der Waals surface area contributed by atoms with Crippen LogP contribution < -0.4 is 4.74 Å². The van der Waals surface area contributed by atoms with Crippen molar-refractivity contribution in [2.75, 3.05) is 32.9 Å². The Morgan fingerprint density at radius 1 is 1.42 bits per heavy atom. The molecule has 2 aromatic rings. The van der Waals surface area contributed by atoms with Crippen molar-refractivity contribution in [2.24, 2.45) is 0 Å². The lowest BCUT2D eigenvalue weighted by atomic mass is 10.1. The number of benzene rings is 1. The molecule has 1 aliphatic heterocycles. The van der Waals surface area contributed by atoms with E-state index < -0.39 is 5.60 Å². The van der Waals surface area contributed by atoms with Gasteiger partial charge in [-0.3, -0.25) is 4.79 Å². The second-order valence-corrected chi connectivity index (χ2v) is 6.70. The van der Waals surface area contributed by atoms with Crippen molar-refractivity contribution in [1.82, 2.24) is 14.5 Å². The van der Waals surface area contributed by atoms with E-state index in [0.717, 1.165) is 11.3 Å². The van der Waals surface area contributed by atoms with Gasteiger partial charge in [0, 0.05) is 31.9 Å². The van der Waals surface area contributed by atoms with Crippen LogP contribution in [-0.2, 0) is 16.1 Å². The first-order valence-corrected chi connectivity index (χ1v) is 8.78. The van der Waals surface area contributed by atoms with E-state index in [1.54, 1.807) is 17.4 Å². The summed E-state index contributed by atoms with van der Waals surface area (Å²) in [4.78, 5) is 18.2. The molecule has 7 heteroatoms. The SMILES string of the molecule is Cc1ccccc1OC[C@@]1(O)COCCN(C(=O)CCn2ccnc2)C1. The number of carbonyl (C=O) groups excluding carboxylic acids is 1. The number of β-amino-alcohol motifs (C(OH)–C–C–N with tert-alkyl or cyclic N) is 1. The van der Waals surface area contributed by atoms with Gasteiger partial charge in [0.1, 0.15) is 18.0 Å². The van der Waals surface area contributed by atoms with E-state index in [9.17, 15) is 9.90 Å². The fraction of sp³-hybridized carbons (Fsp3) is 0.474. The third kappa shape index (κ3) is 4.83. The minimum Gasteiger partial charge on any atom is -0.490 e. The van der Waals surface area contributed by atoms with Gasteiger partial charge in [0.25, 0.3) is 0 Å². The molecule has 1 N–H and O–H groups in total. The quantitative estimate of drug-likeness (QED) is 0.840. The second-order valence-electron chi connectivity index (χ2n) is 6.70. The number of carbonyl (C=O) groups is 1. The molecule has 0 radical (unpaired) electrons. The Morgan fingerprint density at radius 3 is 3.04 bits per heavy atom. The zero-order valence-corrected chi connectivity index (χ0v) is 15.0. The van der Waals surface area contributed by atoms with Crippen LogP contribution in [0.5, 0.6) is 5.75 Å². The number of ether oxygens (including phenoxy) is 2. The van der Waals surface area contributed by atoms with E-state index in [1.807, 2.05) is 42.0 Å². The number of imidazole rings is 1. The third-order valence-electron chi connectivity index (χ3n) is 4.45. The van der Waals surface area contributed by atoms with Crippen LogP contribution in [0, 0.1) is 6.92 Å². The summed E-state index contributed by atoms with van der Waals surface area (Å²) in [6.45, 7) is 3.80. The van der Waals surface area contributed by atoms with E-state index in [2.05, 4.69) is 4.98 Å². The number of hydrogen-bond donors (Lipinski definition) is 1. The van der Waals surface area contributed by atoms with Gasteiger partial charge >= 0.3 is 0 Å². The van der Waals surface area contributed by atoms with E-state index in [1.165, 1.54) is 0 Å². The summed E-state index contributed by atoms with van der Waals surface area (Å²) < 4.78 is 13.2. The highest BCUT2D eigenvalue weighted by molar-refractivity contribution is 5.76. The van der Waals surface area contributed by atoms with Crippen molar-refractivity contribution in [1.29, 1.82) is 0 Å². The Kier molecular flexibility index (Phi) is 5.90. The van der Waals surface area contributed by atoms with Crippen molar-refractivity contribution in [3.05, 3.63) is 48.5 Å². The number of rotatable bonds is 6. The van der Waals surface area contributed by atoms with Crippen molar-refractivity contribution < 1.29 is 19.4 Å². The predicted octanol–water partition coefficient (Wildman–Crippen LogP) is 1.25. The molecule has 1 saturated heterocycles. The smallest absolute Gasteiger partial charge is 0.224 e. The molecule has 2 heterocycles. The van der Waals surface area contributed by atoms with Gasteiger partial charge in [0.15, 0.2) is 0 Å². The van der Waals surface area contributed by atoms with Gasteiger partial charge in [0.2, 0.25) is 5.91 Å². The molecular formula is C19H25N3O4. The number of para-hydroxylation sites is 1. The second kappa shape index (κ2) is 8.33. The Labute approximate surface area is 153 Å². The molecule has 26 heavy (non-hydrogen) atoms. The monoisotopic (exact) mass is 359 g/mol. The molecule has 7 nitrogen and oxygen atoms in total. The molecule has 1 fully saturated rings. The largest absolute Gasteiger partial charge is 0.490 e. The van der Waals surface area contributed by atoms with Crippen LogP contribution in [0.1, 0.15) is 12.0 Å². The Bertz CT molecular complexity index is 719. The topological polar surface area (TPSA) is 76.8 Å². The van der Waals surface area contributed by atoms with E-state index in [0.29, 0.717) is 26.1 Å². The Morgan fingerprint density at radius 2 is 2.27 bits per heavy atom. The molecule has 1 amide bonds. The predicted molar refractivity (Wildman–Crippen MR) is 95.9 cm³/mol. The zero-order valence-electron chi connectivity index (χ0n) is 15.0. The van der Waals surface area contributed by atoms with Gasteiger partial charge in [-0.2, -0.15) is 0 Å². The summed E-state index contributed by atoms with van der Waals surface area (Å²) in [7, 11) is 0. The van der Waals surface area contributed by atoms with Crippen LogP contribution >= 0.6 is 0 Å². The number of amides is 1. The maximum atomic E-state index is 12.5. The van der Waals surface area contributed by atoms with E-state index in [4.69, 9.17) is 9.47 Å². The normalized spacial score (nSPS) is 20.6. The Balaban J connectivity index is 1.58. The van der Waals surface area contributed by atoms with Crippen molar-refractivity contribution in [2.45, 2.75) is 25.5 Å². The van der Waals surface area contributed by atoms with Crippen LogP contribution in [0.3, 0.4) is 0 Å². The summed E-state index contributed by atoms with van der Waals surface area (Å²) in [5, 5.41) is 10.9. The van der Waals surface area contributed by atoms with Gasteiger partial charge in [0.05, 0.1) is 26.1 Å². The molecule has 1 aromatic heterocycles. The van der Waals surface area contributed by atoms with Gasteiger partial charge in [-0.15, -0.1) is 0 Å². The van der Waals surface area contributed by atoms with Crippen molar-refractivity contribution in [3.8, 4) is 5.75 Å². The summed E-state index contributed by atoms with van der Waals surface area (Å²) >= 11 is 0. The highest BCUT2D eigenvalue weighted by Crippen LogP contribution is 2.20. The number of aromatic nitrogens is 2. The lowest BCUT2D eigenvalue weighted by Gasteiger charge is -2.31. The minimum absolute atomic E-state index is 0.0153. The summed E-state index contributed by atoms with van der Waals surface area (Å²) in [6.07, 6.45) is 5.55. The first-order chi connectivity index (χ1) is 12.6. The maximum absolute atomic E-state index is 12.5. The summed E-state index contributed by atoms with van der Waals surface area (Å²) in [5.74, 6) is 0.710. The molecule has 0 unspecified atom stereocenters. The van der Waals surface area contributed by atoms with Crippen LogP contribution in [0.25, 0.3) is 0 Å². The lowest BCUT2D eigenvalue weighted by Crippen LogP contribution is -2.50. The van der Waals surface area contributed by atoms with Gasteiger partial charge in [-0.25, -0.2) is 4.98 Å². The first-order valence-electron chi connectivity index (χ1n) is 8.78. The van der Waals surface area contributed by atoms with E-state index in [-0.39, 0.29) is 25.7 Å². The molecule has 1 aliphatic rings. The average Bonchev–Trinajstić information content (AvgIpc) is 3.07. The molecule has 140 valence electrons. The highest BCUT2D eigenvalue weighted by Gasteiger charge is 2.35. The number of aliphatic hydroxyl groups is 1. The molecule has 0 bridgehead atoms. The molecule has 3 rings (SSSR count). The van der Waals surface area contributed by atoms with Crippen LogP contribution in [0.15, 0.2) is 43.0 Å². The minimum atomic E-state index is -1.23. The maximum Gasteiger partial charge on any atom is 0.224 e. The van der Waals surface area contributed by atoms with E-state index >= 15 is 0 Å². The van der Waals surface area contributed by atoms with Gasteiger partial charge < -0.3 is 24.0 Å². The summed E-state index contributed by atoms with van der Waals surface area (Å²) in [6, 6.07) is 7.65. The van der Waals surface area contributed by atoms with Gasteiger partial charge in [-0.05, 0) is 18.6 Å². The fourth-order valence-corrected chi connectivity index (χ4v) is 2.95. The Hall–Kier alpha value is -2.38. The molecule has 1 aromatic carbocycles. The van der Waals surface area contributed by atoms with Crippen molar-refractivity contribution in [3.63, 3.8) is 0 Å². The zero-order chi connectivity index (χ0) is 18.4. The third-order valence-corrected chi connectivity index (χ3v) is 4.45. The fourth-order valence-electron chi connectivity index (χ4n) is 2.95. The van der Waals surface area contributed by atoms with Crippen LogP contribution in [0.4, 0.5) is 0 Å². The lowest BCUT2D eigenvalue weighted by molar-refractivity contribution is -0.135. The number of nitrogens with zero attached hydrogens (tertiary/aromatic N) is 3. The number of hydrogen-bond acceptors (Lipinski definition) is 5. The molecule has 0 aliphatic carbocycles.